The van der Waals surface area contributed by atoms with Crippen LogP contribution in [0.4, 0.5) is 4.79 Å². The molecule has 0 radical (unpaired) electrons. The Balaban J connectivity index is 1.71. The minimum Gasteiger partial charge on any atom is -0.479 e. The van der Waals surface area contributed by atoms with Gasteiger partial charge in [-0.25, -0.2) is 14.4 Å². The lowest BCUT2D eigenvalue weighted by atomic mass is 10.1. The number of carbonyl (C=O) groups excluding carboxylic acids is 4. The number of carbonyl (C=O) groups is 4. The third-order valence-electron chi connectivity index (χ3n) is 4.42. The second-order valence-corrected chi connectivity index (χ2v) is 6.72. The average molecular weight is 442 g/mol. The zero-order valence-electron chi connectivity index (χ0n) is 17.7. The van der Waals surface area contributed by atoms with Crippen LogP contribution in [0.15, 0.2) is 46.5 Å². The summed E-state index contributed by atoms with van der Waals surface area (Å²) in [5, 5.41) is 2.51. The van der Waals surface area contributed by atoms with Crippen molar-refractivity contribution in [1.29, 1.82) is 0 Å². The minimum atomic E-state index is -0.802. The van der Waals surface area contributed by atoms with E-state index in [2.05, 4.69) is 10.1 Å². The number of methoxy groups -OCH3 is 1. The van der Waals surface area contributed by atoms with E-state index in [4.69, 9.17) is 13.9 Å². The van der Waals surface area contributed by atoms with Crippen LogP contribution in [0.3, 0.4) is 0 Å². The highest BCUT2D eigenvalue weighted by molar-refractivity contribution is 6.13. The van der Waals surface area contributed by atoms with Crippen molar-refractivity contribution in [3.05, 3.63) is 59.2 Å². The van der Waals surface area contributed by atoms with Crippen LogP contribution in [0.25, 0.3) is 6.08 Å². The molecule has 1 aliphatic rings. The summed E-state index contributed by atoms with van der Waals surface area (Å²) in [4.78, 5) is 49.2. The molecule has 0 aliphatic carbocycles. The van der Waals surface area contributed by atoms with Gasteiger partial charge in [-0.2, -0.15) is 0 Å². The predicted octanol–water partition coefficient (Wildman–Crippen LogP) is 2.49. The van der Waals surface area contributed by atoms with Crippen molar-refractivity contribution >= 4 is 30.0 Å². The molecular formula is C22H22N2O8. The predicted molar refractivity (Wildman–Crippen MR) is 110 cm³/mol. The van der Waals surface area contributed by atoms with E-state index in [1.165, 1.54) is 25.3 Å². The second-order valence-electron chi connectivity index (χ2n) is 6.72. The molecule has 1 atom stereocenters. The molecule has 0 unspecified atom stereocenters. The SMILES string of the molecule is CCOC(=O)[C@@H](C)Oc1cccc(/C=C2\NC(=O)N(Cc3ccc(C(=O)OC)o3)C2=O)c1. The molecule has 0 saturated carbocycles. The van der Waals surface area contributed by atoms with Gasteiger partial charge in [0, 0.05) is 0 Å². The highest BCUT2D eigenvalue weighted by Crippen LogP contribution is 2.21. The smallest absolute Gasteiger partial charge is 0.373 e. The maximum Gasteiger partial charge on any atom is 0.373 e. The number of urea groups is 1. The maximum absolute atomic E-state index is 12.7. The summed E-state index contributed by atoms with van der Waals surface area (Å²) in [5.74, 6) is -1.08. The van der Waals surface area contributed by atoms with Crippen LogP contribution < -0.4 is 10.1 Å². The van der Waals surface area contributed by atoms with Crippen LogP contribution in [-0.2, 0) is 25.6 Å². The molecule has 1 saturated heterocycles. The molecular weight excluding hydrogens is 420 g/mol. The van der Waals surface area contributed by atoms with E-state index >= 15 is 0 Å². The first kappa shape index (κ1) is 22.6. The van der Waals surface area contributed by atoms with Gasteiger partial charge in [0.25, 0.3) is 5.91 Å². The monoisotopic (exact) mass is 442 g/mol. The van der Waals surface area contributed by atoms with E-state index < -0.39 is 30.0 Å². The molecule has 32 heavy (non-hydrogen) atoms. The normalized spacial score (nSPS) is 15.5. The van der Waals surface area contributed by atoms with Crippen LogP contribution in [0.1, 0.15) is 35.7 Å². The Kier molecular flexibility index (Phi) is 6.93. The lowest BCUT2D eigenvalue weighted by Gasteiger charge is -2.13. The van der Waals surface area contributed by atoms with Gasteiger partial charge in [-0.15, -0.1) is 0 Å². The van der Waals surface area contributed by atoms with Crippen LogP contribution in [0, 0.1) is 0 Å². The van der Waals surface area contributed by atoms with Crippen molar-refractivity contribution in [3.63, 3.8) is 0 Å². The maximum atomic E-state index is 12.7. The summed E-state index contributed by atoms with van der Waals surface area (Å²) in [6, 6.07) is 8.95. The molecule has 1 N–H and O–H groups in total. The molecule has 0 bridgehead atoms. The molecule has 10 nitrogen and oxygen atoms in total. The second kappa shape index (κ2) is 9.82. The standard InChI is InChI=1S/C22H22N2O8/c1-4-30-20(26)13(2)31-15-7-5-6-14(10-15)11-17-19(25)24(22(28)23-17)12-16-8-9-18(32-16)21(27)29-3/h5-11,13H,4,12H2,1-3H3,(H,23,28)/b17-11-/t13-/m1/s1. The highest BCUT2D eigenvalue weighted by atomic mass is 16.6. The Morgan fingerprint density at radius 3 is 2.72 bits per heavy atom. The fraction of sp³-hybridized carbons (Fsp3) is 0.273. The van der Waals surface area contributed by atoms with Crippen LogP contribution >= 0.6 is 0 Å². The summed E-state index contributed by atoms with van der Waals surface area (Å²) < 4.78 is 20.4. The number of imide groups is 1. The van der Waals surface area contributed by atoms with Crippen molar-refractivity contribution in [2.45, 2.75) is 26.5 Å². The van der Waals surface area contributed by atoms with E-state index in [1.807, 2.05) is 0 Å². The first-order chi connectivity index (χ1) is 15.3. The lowest BCUT2D eigenvalue weighted by Crippen LogP contribution is -2.30. The van der Waals surface area contributed by atoms with E-state index in [0.717, 1.165) is 4.90 Å². The van der Waals surface area contributed by atoms with E-state index in [9.17, 15) is 19.2 Å². The minimum absolute atomic E-state index is 0.0285. The number of amides is 3. The zero-order valence-corrected chi connectivity index (χ0v) is 17.7. The zero-order chi connectivity index (χ0) is 23.3. The Bertz CT molecular complexity index is 1070. The number of benzene rings is 1. The van der Waals surface area contributed by atoms with Crippen molar-refractivity contribution in [3.8, 4) is 5.75 Å². The average Bonchev–Trinajstić information content (AvgIpc) is 3.34. The molecule has 0 spiro atoms. The largest absolute Gasteiger partial charge is 0.479 e. The van der Waals surface area contributed by atoms with E-state index in [0.29, 0.717) is 11.3 Å². The quantitative estimate of drug-likeness (QED) is 0.376. The van der Waals surface area contributed by atoms with Crippen LogP contribution in [0.5, 0.6) is 5.75 Å². The third-order valence-corrected chi connectivity index (χ3v) is 4.42. The number of furan rings is 1. The highest BCUT2D eigenvalue weighted by Gasteiger charge is 2.34. The molecule has 2 heterocycles. The van der Waals surface area contributed by atoms with Gasteiger partial charge in [-0.05, 0) is 49.8 Å². The van der Waals surface area contributed by atoms with Crippen LogP contribution in [0.2, 0.25) is 0 Å². The molecule has 168 valence electrons. The van der Waals surface area contributed by atoms with Crippen molar-refractivity contribution in [2.24, 2.45) is 0 Å². The number of esters is 2. The Morgan fingerprint density at radius 2 is 2.00 bits per heavy atom. The number of ether oxygens (including phenoxy) is 3. The molecule has 1 aliphatic heterocycles. The fourth-order valence-electron chi connectivity index (χ4n) is 2.90. The Hall–Kier alpha value is -4.08. The lowest BCUT2D eigenvalue weighted by molar-refractivity contribution is -0.150. The van der Waals surface area contributed by atoms with E-state index in [-0.39, 0.29) is 30.4 Å². The third kappa shape index (κ3) is 5.15. The van der Waals surface area contributed by atoms with Crippen LogP contribution in [-0.4, -0.2) is 48.6 Å². The van der Waals surface area contributed by atoms with Gasteiger partial charge in [0.2, 0.25) is 5.76 Å². The van der Waals surface area contributed by atoms with E-state index in [1.54, 1.807) is 38.1 Å². The van der Waals surface area contributed by atoms with Gasteiger partial charge < -0.3 is 23.9 Å². The molecule has 10 heteroatoms. The summed E-state index contributed by atoms with van der Waals surface area (Å²) in [6.07, 6.45) is 0.689. The Morgan fingerprint density at radius 1 is 1.22 bits per heavy atom. The number of rotatable bonds is 8. The summed E-state index contributed by atoms with van der Waals surface area (Å²) in [6.45, 7) is 3.37. The van der Waals surface area contributed by atoms with Crippen molar-refractivity contribution < 1.29 is 37.8 Å². The Labute approximate surface area is 183 Å². The summed E-state index contributed by atoms with van der Waals surface area (Å²) >= 11 is 0. The van der Waals surface area contributed by atoms with Crippen molar-refractivity contribution in [1.82, 2.24) is 10.2 Å². The molecule has 3 rings (SSSR count). The number of nitrogens with zero attached hydrogens (tertiary/aromatic N) is 1. The molecule has 1 fully saturated rings. The number of hydrogen-bond acceptors (Lipinski definition) is 8. The number of nitrogens with one attached hydrogen (secondary N) is 1. The van der Waals surface area contributed by atoms with Gasteiger partial charge in [-0.3, -0.25) is 9.69 Å². The topological polar surface area (TPSA) is 124 Å². The molecule has 1 aromatic carbocycles. The fourth-order valence-corrected chi connectivity index (χ4v) is 2.90. The van der Waals surface area contributed by atoms with Gasteiger partial charge in [0.1, 0.15) is 17.2 Å². The molecule has 3 amide bonds. The summed E-state index contributed by atoms with van der Waals surface area (Å²) in [7, 11) is 1.22. The summed E-state index contributed by atoms with van der Waals surface area (Å²) in [5.41, 5.74) is 0.639. The molecule has 1 aromatic heterocycles. The number of hydrogen-bond donors (Lipinski definition) is 1. The first-order valence-electron chi connectivity index (χ1n) is 9.77. The van der Waals surface area contributed by atoms with Gasteiger partial charge in [0.15, 0.2) is 6.10 Å². The van der Waals surface area contributed by atoms with Gasteiger partial charge >= 0.3 is 18.0 Å². The first-order valence-corrected chi connectivity index (χ1v) is 9.77. The van der Waals surface area contributed by atoms with Gasteiger partial charge in [-0.1, -0.05) is 12.1 Å². The van der Waals surface area contributed by atoms with Gasteiger partial charge in [0.05, 0.1) is 20.3 Å². The van der Waals surface area contributed by atoms with Crippen molar-refractivity contribution in [2.75, 3.05) is 13.7 Å². The molecule has 2 aromatic rings.